The quantitative estimate of drug-likeness (QED) is 0.499. The first kappa shape index (κ1) is 24.1. The lowest BCUT2D eigenvalue weighted by Crippen LogP contribution is -2.41. The maximum absolute atomic E-state index is 13.1. The van der Waals surface area contributed by atoms with Gasteiger partial charge in [0.1, 0.15) is 6.54 Å². The highest BCUT2D eigenvalue weighted by Crippen LogP contribution is 2.28. The summed E-state index contributed by atoms with van der Waals surface area (Å²) >= 11 is 0. The molecule has 3 aromatic rings. The number of pyridine rings is 1. The second kappa shape index (κ2) is 8.96. The fourth-order valence-corrected chi connectivity index (χ4v) is 6.55. The Morgan fingerprint density at radius 3 is 2.26 bits per heavy atom. The van der Waals surface area contributed by atoms with E-state index >= 15 is 0 Å². The van der Waals surface area contributed by atoms with Gasteiger partial charge in [0.05, 0.1) is 21.1 Å². The second-order valence-corrected chi connectivity index (χ2v) is 12.2. The zero-order valence-corrected chi connectivity index (χ0v) is 20.0. The van der Waals surface area contributed by atoms with E-state index in [9.17, 15) is 31.5 Å². The molecule has 1 fully saturated rings. The largest absolute Gasteiger partial charge is 0.480 e. The van der Waals surface area contributed by atoms with Crippen LogP contribution >= 0.6 is 0 Å². The third-order valence-corrected chi connectivity index (χ3v) is 9.67. The normalized spacial score (nSPS) is 16.1. The molecule has 13 heteroatoms. The van der Waals surface area contributed by atoms with E-state index in [0.717, 1.165) is 4.57 Å². The summed E-state index contributed by atoms with van der Waals surface area (Å²) in [6.07, 6.45) is 2.19. The Bertz CT molecular complexity index is 1500. The van der Waals surface area contributed by atoms with Crippen molar-refractivity contribution in [1.29, 1.82) is 0 Å². The van der Waals surface area contributed by atoms with E-state index < -0.39 is 38.1 Å². The molecule has 0 bridgehead atoms. The number of rotatable bonds is 7. The Labute approximate surface area is 196 Å². The smallest absolute Gasteiger partial charge is 0.331 e. The number of sulfonamides is 1. The number of hydrogen-bond donors (Lipinski definition) is 1. The molecule has 0 unspecified atom stereocenters. The van der Waals surface area contributed by atoms with E-state index in [4.69, 9.17) is 0 Å². The molecule has 2 aromatic heterocycles. The first-order chi connectivity index (χ1) is 16.1. The van der Waals surface area contributed by atoms with Crippen LogP contribution in [0.1, 0.15) is 25.8 Å². The Hall–Kier alpha value is -3.03. The molecule has 0 radical (unpaired) electrons. The number of fused-ring (bicyclic) bond motifs is 1. The monoisotopic (exact) mass is 508 g/mol. The number of imidazole rings is 1. The van der Waals surface area contributed by atoms with Crippen molar-refractivity contribution < 1.29 is 26.7 Å². The Kier molecular flexibility index (Phi) is 6.36. The van der Waals surface area contributed by atoms with Gasteiger partial charge in [0.2, 0.25) is 10.0 Å². The van der Waals surface area contributed by atoms with Gasteiger partial charge in [-0.1, -0.05) is 6.92 Å². The van der Waals surface area contributed by atoms with Crippen molar-refractivity contribution in [2.45, 2.75) is 42.1 Å². The Balaban J connectivity index is 1.57. The SMILES string of the molecule is CCS(=O)(=O)c1ccc(S(=O)(=O)N2CCC(n3c(=O)n(CC(=O)O)c4cccnc43)CC2)cc1. The minimum Gasteiger partial charge on any atom is -0.480 e. The van der Waals surface area contributed by atoms with Crippen LogP contribution in [0.25, 0.3) is 11.2 Å². The maximum atomic E-state index is 13.1. The van der Waals surface area contributed by atoms with E-state index in [1.807, 2.05) is 0 Å². The fraction of sp³-hybridized carbons (Fsp3) is 0.381. The molecule has 1 saturated heterocycles. The highest BCUT2D eigenvalue weighted by Gasteiger charge is 2.32. The van der Waals surface area contributed by atoms with E-state index in [0.29, 0.717) is 24.0 Å². The van der Waals surface area contributed by atoms with Gasteiger partial charge >= 0.3 is 11.7 Å². The number of aliphatic carboxylic acids is 1. The van der Waals surface area contributed by atoms with E-state index in [-0.39, 0.29) is 34.7 Å². The minimum absolute atomic E-state index is 0.00195. The van der Waals surface area contributed by atoms with Gasteiger partial charge in [0.25, 0.3) is 0 Å². The summed E-state index contributed by atoms with van der Waals surface area (Å²) in [6, 6.07) is 8.07. The van der Waals surface area contributed by atoms with Gasteiger partial charge in [-0.2, -0.15) is 4.31 Å². The van der Waals surface area contributed by atoms with Crippen LogP contribution in [0, 0.1) is 0 Å². The number of aromatic nitrogens is 3. The van der Waals surface area contributed by atoms with Crippen molar-refractivity contribution in [2.75, 3.05) is 18.8 Å². The van der Waals surface area contributed by atoms with E-state index in [1.165, 1.54) is 46.3 Å². The first-order valence-electron chi connectivity index (χ1n) is 10.7. The highest BCUT2D eigenvalue weighted by atomic mass is 32.2. The average Bonchev–Trinajstić information content (AvgIpc) is 3.10. The predicted molar refractivity (Wildman–Crippen MR) is 123 cm³/mol. The number of benzene rings is 1. The van der Waals surface area contributed by atoms with Gasteiger partial charge in [-0.05, 0) is 49.2 Å². The van der Waals surface area contributed by atoms with Crippen molar-refractivity contribution in [2.24, 2.45) is 0 Å². The van der Waals surface area contributed by atoms with Crippen LogP contribution in [-0.2, 0) is 31.2 Å². The van der Waals surface area contributed by atoms with E-state index in [1.54, 1.807) is 12.1 Å². The first-order valence-corrected chi connectivity index (χ1v) is 13.8. The molecule has 0 spiro atoms. The van der Waals surface area contributed by atoms with Crippen LogP contribution in [0.4, 0.5) is 0 Å². The lowest BCUT2D eigenvalue weighted by atomic mass is 10.1. The van der Waals surface area contributed by atoms with E-state index in [2.05, 4.69) is 4.98 Å². The zero-order chi connectivity index (χ0) is 24.7. The zero-order valence-electron chi connectivity index (χ0n) is 18.4. The molecule has 0 aliphatic carbocycles. The molecule has 1 aliphatic heterocycles. The van der Waals surface area contributed by atoms with Crippen LogP contribution in [0.15, 0.2) is 57.2 Å². The number of carboxylic acids is 1. The van der Waals surface area contributed by atoms with Crippen molar-refractivity contribution in [3.63, 3.8) is 0 Å². The van der Waals surface area contributed by atoms with Crippen molar-refractivity contribution in [3.05, 3.63) is 53.1 Å². The Morgan fingerprint density at radius 1 is 1.06 bits per heavy atom. The number of carboxylic acid groups (broad SMARTS) is 1. The average molecular weight is 509 g/mol. The maximum Gasteiger partial charge on any atom is 0.331 e. The molecular formula is C21H24N4O7S2. The van der Waals surface area contributed by atoms with Gasteiger partial charge in [0, 0.05) is 25.3 Å². The van der Waals surface area contributed by atoms with Crippen LogP contribution in [0.3, 0.4) is 0 Å². The van der Waals surface area contributed by atoms with Crippen molar-refractivity contribution in [3.8, 4) is 0 Å². The molecule has 34 heavy (non-hydrogen) atoms. The molecule has 3 heterocycles. The number of nitrogens with zero attached hydrogens (tertiary/aromatic N) is 4. The van der Waals surface area contributed by atoms with Crippen LogP contribution in [0.5, 0.6) is 0 Å². The molecule has 1 aliphatic rings. The molecule has 11 nitrogen and oxygen atoms in total. The second-order valence-electron chi connectivity index (χ2n) is 7.99. The third kappa shape index (κ3) is 4.26. The van der Waals surface area contributed by atoms with Gasteiger partial charge in [-0.25, -0.2) is 26.6 Å². The molecule has 1 aromatic carbocycles. The lowest BCUT2D eigenvalue weighted by Gasteiger charge is -2.31. The Morgan fingerprint density at radius 2 is 1.68 bits per heavy atom. The topological polar surface area (TPSA) is 149 Å². The third-order valence-electron chi connectivity index (χ3n) is 6.00. The van der Waals surface area contributed by atoms with Gasteiger partial charge in [-0.15, -0.1) is 0 Å². The van der Waals surface area contributed by atoms with Crippen LogP contribution in [0.2, 0.25) is 0 Å². The van der Waals surface area contributed by atoms with Crippen molar-refractivity contribution >= 4 is 37.0 Å². The molecule has 4 rings (SSSR count). The molecule has 1 N–H and O–H groups in total. The standard InChI is InChI=1S/C21H24N4O7S2/c1-2-33(29,30)16-5-7-17(8-6-16)34(31,32)23-12-9-15(10-13-23)25-20-18(4-3-11-22-20)24(21(25)28)14-19(26)27/h3-8,11,15H,2,9-10,12-14H2,1H3,(H,26,27). The number of hydrogen-bond acceptors (Lipinski definition) is 7. The van der Waals surface area contributed by atoms with Gasteiger partial charge < -0.3 is 5.11 Å². The molecular weight excluding hydrogens is 484 g/mol. The number of piperidine rings is 1. The number of sulfone groups is 1. The summed E-state index contributed by atoms with van der Waals surface area (Å²) in [5.74, 6) is -1.23. The summed E-state index contributed by atoms with van der Waals surface area (Å²) in [7, 11) is -7.28. The van der Waals surface area contributed by atoms with Crippen LogP contribution < -0.4 is 5.69 Å². The minimum atomic E-state index is -3.85. The molecule has 0 amide bonds. The fourth-order valence-electron chi connectivity index (χ4n) is 4.20. The lowest BCUT2D eigenvalue weighted by molar-refractivity contribution is -0.137. The predicted octanol–water partition coefficient (Wildman–Crippen LogP) is 1.10. The molecule has 182 valence electrons. The summed E-state index contributed by atoms with van der Waals surface area (Å²) in [5, 5.41) is 9.18. The molecule has 0 saturated carbocycles. The summed E-state index contributed by atoms with van der Waals surface area (Å²) in [6.45, 7) is 1.31. The van der Waals surface area contributed by atoms with Crippen molar-refractivity contribution in [1.82, 2.24) is 18.4 Å². The van der Waals surface area contributed by atoms with Gasteiger partial charge in [-0.3, -0.25) is 13.9 Å². The summed E-state index contributed by atoms with van der Waals surface area (Å²) in [4.78, 5) is 28.6. The van der Waals surface area contributed by atoms with Crippen LogP contribution in [-0.4, -0.2) is 65.2 Å². The summed E-state index contributed by atoms with van der Waals surface area (Å²) in [5.41, 5.74) is 0.278. The highest BCUT2D eigenvalue weighted by molar-refractivity contribution is 7.91. The molecule has 0 atom stereocenters. The van der Waals surface area contributed by atoms with Gasteiger partial charge in [0.15, 0.2) is 15.5 Å². The summed E-state index contributed by atoms with van der Waals surface area (Å²) < 4.78 is 54.1. The number of carbonyl (C=O) groups is 1.